The molecule has 2 nitrogen and oxygen atoms in total. The summed E-state index contributed by atoms with van der Waals surface area (Å²) >= 11 is 0. The zero-order chi connectivity index (χ0) is 18.1. The zero-order valence-corrected chi connectivity index (χ0v) is 14.6. The van der Waals surface area contributed by atoms with Crippen molar-refractivity contribution in [3.05, 3.63) is 59.7 Å². The molecular formula is C20H24F3NO. The van der Waals surface area contributed by atoms with Crippen LogP contribution in [0.3, 0.4) is 0 Å². The predicted molar refractivity (Wildman–Crippen MR) is 92.4 cm³/mol. The summed E-state index contributed by atoms with van der Waals surface area (Å²) in [6, 6.07) is 9.62. The molecule has 1 saturated heterocycles. The van der Waals surface area contributed by atoms with Gasteiger partial charge < -0.3 is 9.64 Å². The van der Waals surface area contributed by atoms with Gasteiger partial charge in [0.25, 0.3) is 0 Å². The predicted octanol–water partition coefficient (Wildman–Crippen LogP) is 4.56. The molecule has 25 heavy (non-hydrogen) atoms. The number of likely N-dealkylation sites (tertiary alicyclic amines) is 1. The van der Waals surface area contributed by atoms with Crippen molar-refractivity contribution >= 4 is 0 Å². The minimum atomic E-state index is -4.48. The maximum absolute atomic E-state index is 14.0. The number of halogens is 3. The summed E-state index contributed by atoms with van der Waals surface area (Å²) in [6.07, 6.45) is 1.78. The highest BCUT2D eigenvalue weighted by atomic mass is 19.4. The van der Waals surface area contributed by atoms with Crippen molar-refractivity contribution < 1.29 is 17.9 Å². The lowest BCUT2D eigenvalue weighted by atomic mass is 9.73. The van der Waals surface area contributed by atoms with E-state index < -0.39 is 11.8 Å². The first-order chi connectivity index (χ1) is 11.9. The van der Waals surface area contributed by atoms with Gasteiger partial charge in [-0.3, -0.25) is 0 Å². The van der Waals surface area contributed by atoms with E-state index in [0.29, 0.717) is 12.1 Å². The second-order valence-electron chi connectivity index (χ2n) is 6.96. The topological polar surface area (TPSA) is 12.5 Å². The molecule has 1 fully saturated rings. The summed E-state index contributed by atoms with van der Waals surface area (Å²) in [5.41, 5.74) is -0.973. The quantitative estimate of drug-likeness (QED) is 0.741. The molecule has 136 valence electrons. The van der Waals surface area contributed by atoms with Gasteiger partial charge in [-0.1, -0.05) is 42.5 Å². The van der Waals surface area contributed by atoms with E-state index >= 15 is 0 Å². The minimum Gasteiger partial charge on any atom is -0.361 e. The van der Waals surface area contributed by atoms with Crippen molar-refractivity contribution in [1.29, 1.82) is 0 Å². The van der Waals surface area contributed by atoms with E-state index in [9.17, 15) is 13.2 Å². The Labute approximate surface area is 147 Å². The maximum Gasteiger partial charge on any atom is 0.425 e. The first-order valence-electron chi connectivity index (χ1n) is 8.64. The Bertz CT molecular complexity index is 653. The Balaban J connectivity index is 2.04. The average molecular weight is 351 g/mol. The van der Waals surface area contributed by atoms with Crippen LogP contribution in [0.1, 0.15) is 24.3 Å². The van der Waals surface area contributed by atoms with Crippen molar-refractivity contribution in [3.8, 4) is 0 Å². The van der Waals surface area contributed by atoms with E-state index in [-0.39, 0.29) is 11.8 Å². The fraction of sp³-hybridized carbons (Fsp3) is 0.500. The maximum atomic E-state index is 14.0. The fourth-order valence-corrected chi connectivity index (χ4v) is 4.01. The number of hydrogen-bond acceptors (Lipinski definition) is 2. The number of hydrogen-bond donors (Lipinski definition) is 0. The summed E-state index contributed by atoms with van der Waals surface area (Å²) in [6.45, 7) is 1.55. The first-order valence-corrected chi connectivity index (χ1v) is 8.64. The van der Waals surface area contributed by atoms with Gasteiger partial charge in [-0.15, -0.1) is 0 Å². The van der Waals surface area contributed by atoms with Crippen LogP contribution in [0.15, 0.2) is 54.1 Å². The molecule has 2 aliphatic rings. The van der Waals surface area contributed by atoms with Crippen LogP contribution in [0.4, 0.5) is 13.2 Å². The number of benzene rings is 1. The Kier molecular flexibility index (Phi) is 5.07. The molecule has 1 aliphatic carbocycles. The third-order valence-corrected chi connectivity index (χ3v) is 5.32. The van der Waals surface area contributed by atoms with Crippen LogP contribution in [0.2, 0.25) is 0 Å². The Morgan fingerprint density at radius 3 is 2.52 bits per heavy atom. The van der Waals surface area contributed by atoms with Crippen LogP contribution >= 0.6 is 0 Å². The summed E-state index contributed by atoms with van der Waals surface area (Å²) < 4.78 is 47.1. The molecule has 3 unspecified atom stereocenters. The lowest BCUT2D eigenvalue weighted by Gasteiger charge is -2.43. The Morgan fingerprint density at radius 1 is 1.20 bits per heavy atom. The third kappa shape index (κ3) is 3.40. The monoisotopic (exact) mass is 351 g/mol. The van der Waals surface area contributed by atoms with E-state index in [4.69, 9.17) is 4.74 Å². The molecule has 0 saturated carbocycles. The van der Waals surface area contributed by atoms with Crippen molar-refractivity contribution in [3.63, 3.8) is 0 Å². The van der Waals surface area contributed by atoms with Gasteiger partial charge in [0.05, 0.1) is 0 Å². The van der Waals surface area contributed by atoms with Crippen molar-refractivity contribution in [2.45, 2.75) is 30.5 Å². The highest BCUT2D eigenvalue weighted by molar-refractivity contribution is 5.43. The zero-order valence-electron chi connectivity index (χ0n) is 14.6. The second kappa shape index (κ2) is 6.96. The molecule has 0 bridgehead atoms. The largest absolute Gasteiger partial charge is 0.425 e. The number of rotatable bonds is 3. The number of allylic oxidation sites excluding steroid dienone is 2. The second-order valence-corrected chi connectivity index (χ2v) is 6.96. The average Bonchev–Trinajstić information content (AvgIpc) is 2.61. The van der Waals surface area contributed by atoms with Crippen LogP contribution < -0.4 is 0 Å². The lowest BCUT2D eigenvalue weighted by molar-refractivity contribution is -0.237. The van der Waals surface area contributed by atoms with Crippen LogP contribution in [-0.2, 0) is 4.74 Å². The van der Waals surface area contributed by atoms with E-state index in [1.165, 1.54) is 6.08 Å². The molecule has 1 heterocycles. The van der Waals surface area contributed by atoms with E-state index in [2.05, 4.69) is 4.90 Å². The van der Waals surface area contributed by atoms with Gasteiger partial charge in [-0.2, -0.15) is 13.2 Å². The number of alkyl halides is 3. The normalized spacial score (nSPS) is 31.0. The van der Waals surface area contributed by atoms with Crippen LogP contribution in [-0.4, -0.2) is 43.9 Å². The van der Waals surface area contributed by atoms with Gasteiger partial charge in [0.2, 0.25) is 5.60 Å². The molecule has 5 heteroatoms. The highest BCUT2D eigenvalue weighted by Crippen LogP contribution is 2.48. The van der Waals surface area contributed by atoms with Crippen LogP contribution in [0, 0.1) is 5.92 Å². The molecule has 0 amide bonds. The minimum absolute atomic E-state index is 0.156. The standard InChI is InChI=1S/C20H24F3NO/c1-24-12-6-9-17(14-24)18-13-16(15-7-4-3-5-8-15)10-11-19(18,25-2)20(21,22)23/h3-5,7-8,10-11,13,16-17H,6,9,12,14H2,1-2H3. The molecule has 1 aromatic carbocycles. The van der Waals surface area contributed by atoms with Gasteiger partial charge >= 0.3 is 6.18 Å². The van der Waals surface area contributed by atoms with Crippen LogP contribution in [0.25, 0.3) is 0 Å². The summed E-state index contributed by atoms with van der Waals surface area (Å²) in [5, 5.41) is 0. The third-order valence-electron chi connectivity index (χ3n) is 5.32. The van der Waals surface area contributed by atoms with E-state index in [1.807, 2.05) is 37.4 Å². The molecule has 0 aromatic heterocycles. The summed E-state index contributed by atoms with van der Waals surface area (Å²) in [4.78, 5) is 2.10. The summed E-state index contributed by atoms with van der Waals surface area (Å²) in [5.74, 6) is -0.314. The van der Waals surface area contributed by atoms with E-state index in [1.54, 1.807) is 12.2 Å². The molecule has 3 atom stereocenters. The van der Waals surface area contributed by atoms with Crippen molar-refractivity contribution in [2.24, 2.45) is 5.92 Å². The first kappa shape index (κ1) is 18.2. The molecule has 0 spiro atoms. The molecule has 1 aromatic rings. The van der Waals surface area contributed by atoms with Gasteiger partial charge in [-0.25, -0.2) is 0 Å². The van der Waals surface area contributed by atoms with E-state index in [0.717, 1.165) is 32.1 Å². The smallest absolute Gasteiger partial charge is 0.361 e. The fourth-order valence-electron chi connectivity index (χ4n) is 4.01. The highest BCUT2D eigenvalue weighted by Gasteiger charge is 2.58. The molecule has 1 aliphatic heterocycles. The van der Waals surface area contributed by atoms with Gasteiger partial charge in [0, 0.05) is 19.6 Å². The van der Waals surface area contributed by atoms with Gasteiger partial charge in [-0.05, 0) is 49.6 Å². The molecule has 0 radical (unpaired) electrons. The number of nitrogens with zero attached hydrogens (tertiary/aromatic N) is 1. The molecule has 0 N–H and O–H groups in total. The number of piperidine rings is 1. The molecular weight excluding hydrogens is 327 g/mol. The lowest BCUT2D eigenvalue weighted by Crippen LogP contribution is -2.51. The van der Waals surface area contributed by atoms with Gasteiger partial charge in [0.15, 0.2) is 0 Å². The van der Waals surface area contributed by atoms with Crippen LogP contribution in [0.5, 0.6) is 0 Å². The van der Waals surface area contributed by atoms with Gasteiger partial charge in [0.1, 0.15) is 0 Å². The number of ether oxygens (including phenoxy) is 1. The summed E-state index contributed by atoms with van der Waals surface area (Å²) in [7, 11) is 3.11. The number of methoxy groups -OCH3 is 1. The molecule has 3 rings (SSSR count). The Hall–Kier alpha value is -1.59. The Morgan fingerprint density at radius 2 is 1.92 bits per heavy atom. The van der Waals surface area contributed by atoms with Crippen molar-refractivity contribution in [1.82, 2.24) is 4.90 Å². The van der Waals surface area contributed by atoms with Crippen molar-refractivity contribution in [2.75, 3.05) is 27.2 Å². The SMILES string of the molecule is COC1(C(F)(F)F)C=CC(c2ccccc2)C=C1C1CCCN(C)C1.